The number of aromatic nitrogens is 1. The van der Waals surface area contributed by atoms with Crippen LogP contribution in [-0.2, 0) is 49.6 Å². The van der Waals surface area contributed by atoms with Gasteiger partial charge >= 0.3 is 5.97 Å². The molecule has 22 heteroatoms. The molecule has 3 rings (SSSR count). The van der Waals surface area contributed by atoms with Gasteiger partial charge in [-0.25, -0.2) is 0 Å². The molecule has 6 atom stereocenters. The Morgan fingerprint density at radius 2 is 1.53 bits per heavy atom. The molecule has 2 aromatic rings. The number of nitrogens with one attached hydrogen (secondary N) is 7. The average Bonchev–Trinajstić information content (AvgIpc) is 3.84. The summed E-state index contributed by atoms with van der Waals surface area (Å²) in [5, 5.41) is 25.1. The number of H-pyrrole nitrogens is 1. The van der Waals surface area contributed by atoms with Crippen LogP contribution in [0.2, 0.25) is 0 Å². The fourth-order valence-electron chi connectivity index (χ4n) is 6.36. The molecule has 0 unspecified atom stereocenters. The summed E-state index contributed by atoms with van der Waals surface area (Å²) in [6.07, 6.45) is 2.40. The van der Waals surface area contributed by atoms with E-state index in [0.717, 1.165) is 10.9 Å². The molecule has 0 spiro atoms. The molecule has 2 heterocycles. The molecule has 1 saturated heterocycles. The first-order chi connectivity index (χ1) is 27.6. The van der Waals surface area contributed by atoms with E-state index in [1.807, 2.05) is 6.07 Å². The number of hydrogen-bond acceptors (Lipinski definition) is 12. The molecule has 20 nitrogen and oxygen atoms in total. The van der Waals surface area contributed by atoms with Crippen LogP contribution in [0.5, 0.6) is 0 Å². The van der Waals surface area contributed by atoms with Gasteiger partial charge in [0.15, 0.2) is 0 Å². The molecule has 0 saturated carbocycles. The number of fused-ring (bicyclic) bond motifs is 1. The topological polar surface area (TPSA) is 317 Å². The highest BCUT2D eigenvalue weighted by Gasteiger charge is 2.40. The number of thiol groups is 2. The molecule has 1 aromatic heterocycles. The number of hydrogen-bond donors (Lipinski definition) is 12. The Labute approximate surface area is 345 Å². The van der Waals surface area contributed by atoms with Gasteiger partial charge in [0.1, 0.15) is 36.3 Å². The van der Waals surface area contributed by atoms with Gasteiger partial charge < -0.3 is 58.4 Å². The lowest BCUT2D eigenvalue weighted by Gasteiger charge is -2.30. The Hall–Kier alpha value is -5.35. The second-order valence-electron chi connectivity index (χ2n) is 13.7. The molecule has 1 fully saturated rings. The van der Waals surface area contributed by atoms with E-state index in [1.165, 1.54) is 11.8 Å². The standard InChI is InChI=1S/C36H52N10O10S2/c1-19(47)41-27(18-58)34(54)43-23(9-4-5-11-37)32(52)40-16-29(48)42-24(14-30(49)50)33(53)44-25(13-20-15-39-22-8-3-2-7-21(20)22)36(56)46-12-6-10-28(46)35(55)45-26(17-57)31(38)51/h2-3,7-8,15,23-28,39,57-58H,4-6,9-14,16-18,37H2,1H3,(H2,38,51)(H,40,52)(H,41,47)(H,42,48)(H,43,54)(H,44,53)(H,45,55)(H,49,50)/t23-,24-,25-,26-,27-,28-/m0/s1. The van der Waals surface area contributed by atoms with Gasteiger partial charge in [-0.05, 0) is 50.3 Å². The number of aromatic amines is 1. The van der Waals surface area contributed by atoms with Gasteiger partial charge in [-0.3, -0.25) is 43.2 Å². The molecule has 0 bridgehead atoms. The van der Waals surface area contributed by atoms with E-state index in [-0.39, 0.29) is 37.3 Å². The van der Waals surface area contributed by atoms with Crippen molar-refractivity contribution in [2.24, 2.45) is 11.5 Å². The van der Waals surface area contributed by atoms with Gasteiger partial charge in [0.25, 0.3) is 0 Å². The number of unbranched alkanes of at least 4 members (excludes halogenated alkanes) is 1. The first-order valence-corrected chi connectivity index (χ1v) is 19.9. The van der Waals surface area contributed by atoms with Crippen LogP contribution < -0.4 is 43.4 Å². The van der Waals surface area contributed by atoms with Crippen molar-refractivity contribution in [1.29, 1.82) is 0 Å². The molecule has 0 radical (unpaired) electrons. The maximum atomic E-state index is 14.2. The van der Waals surface area contributed by atoms with E-state index in [0.29, 0.717) is 31.4 Å². The largest absolute Gasteiger partial charge is 0.481 e. The number of aliphatic carboxylic acids is 1. The number of para-hydroxylation sites is 1. The summed E-state index contributed by atoms with van der Waals surface area (Å²) in [4.78, 5) is 120. The number of carbonyl (C=O) groups excluding carboxylic acids is 8. The minimum absolute atomic E-state index is 0.0615. The number of likely N-dealkylation sites (tertiary alicyclic amines) is 1. The zero-order chi connectivity index (χ0) is 42.9. The Morgan fingerprint density at radius 1 is 0.862 bits per heavy atom. The Kier molecular flexibility index (Phi) is 18.8. The van der Waals surface area contributed by atoms with E-state index in [9.17, 15) is 48.3 Å². The number of amides is 8. The molecular formula is C36H52N10O10S2. The van der Waals surface area contributed by atoms with Crippen molar-refractivity contribution in [2.75, 3.05) is 31.1 Å². The lowest BCUT2D eigenvalue weighted by atomic mass is 10.0. The van der Waals surface area contributed by atoms with Gasteiger partial charge in [-0.2, -0.15) is 25.3 Å². The van der Waals surface area contributed by atoms with Crippen molar-refractivity contribution < 1.29 is 48.3 Å². The van der Waals surface area contributed by atoms with Crippen LogP contribution in [0.15, 0.2) is 30.5 Å². The summed E-state index contributed by atoms with van der Waals surface area (Å²) in [7, 11) is 0. The molecule has 1 aromatic carbocycles. The maximum absolute atomic E-state index is 14.2. The smallest absolute Gasteiger partial charge is 0.305 e. The summed E-state index contributed by atoms with van der Waals surface area (Å²) >= 11 is 8.13. The van der Waals surface area contributed by atoms with Crippen LogP contribution in [0.1, 0.15) is 51.0 Å². The van der Waals surface area contributed by atoms with E-state index < -0.39 is 102 Å². The number of benzene rings is 1. The molecular weight excluding hydrogens is 797 g/mol. The van der Waals surface area contributed by atoms with Gasteiger partial charge in [0, 0.05) is 48.5 Å². The quantitative estimate of drug-likeness (QED) is 0.0401. The fraction of sp³-hybridized carbons (Fsp3) is 0.528. The maximum Gasteiger partial charge on any atom is 0.305 e. The Bertz CT molecular complexity index is 1830. The molecule has 1 aliphatic rings. The highest BCUT2D eigenvalue weighted by atomic mass is 32.1. The lowest BCUT2D eigenvalue weighted by Crippen LogP contribution is -2.59. The minimum Gasteiger partial charge on any atom is -0.481 e. The van der Waals surface area contributed by atoms with Crippen LogP contribution in [0.3, 0.4) is 0 Å². The number of rotatable bonds is 23. The number of carboxylic acid groups (broad SMARTS) is 1. The monoisotopic (exact) mass is 848 g/mol. The van der Waals surface area contributed by atoms with Crippen LogP contribution in [0.4, 0.5) is 0 Å². The van der Waals surface area contributed by atoms with Gasteiger partial charge in [0.05, 0.1) is 13.0 Å². The second-order valence-corrected chi connectivity index (χ2v) is 14.4. The minimum atomic E-state index is -1.72. The van der Waals surface area contributed by atoms with Gasteiger partial charge in [0.2, 0.25) is 47.3 Å². The normalized spacial score (nSPS) is 16.2. The van der Waals surface area contributed by atoms with Crippen molar-refractivity contribution in [2.45, 2.75) is 88.1 Å². The van der Waals surface area contributed by atoms with E-state index in [2.05, 4.69) is 62.1 Å². The highest BCUT2D eigenvalue weighted by Crippen LogP contribution is 2.23. The molecule has 318 valence electrons. The van der Waals surface area contributed by atoms with Crippen molar-refractivity contribution in [3.63, 3.8) is 0 Å². The van der Waals surface area contributed by atoms with Crippen LogP contribution in [0, 0.1) is 0 Å². The van der Waals surface area contributed by atoms with E-state index in [4.69, 9.17) is 11.5 Å². The summed E-state index contributed by atoms with van der Waals surface area (Å²) in [6, 6.07) is -0.193. The number of carboxylic acids is 1. The predicted molar refractivity (Wildman–Crippen MR) is 217 cm³/mol. The lowest BCUT2D eigenvalue weighted by molar-refractivity contribution is -0.143. The number of primary amides is 1. The Morgan fingerprint density at radius 3 is 2.17 bits per heavy atom. The SMILES string of the molecule is CC(=O)N[C@@H](CS)C(=O)N[C@@H](CCCCN)C(=O)NCC(=O)N[C@@H](CC(=O)O)C(=O)N[C@@H](Cc1c[nH]c2ccccc12)C(=O)N1CCC[C@H]1C(=O)N[C@@H](CS)C(N)=O. The highest BCUT2D eigenvalue weighted by molar-refractivity contribution is 7.80. The number of nitrogens with two attached hydrogens (primary N) is 2. The predicted octanol–water partition coefficient (Wildman–Crippen LogP) is -2.79. The zero-order valence-corrected chi connectivity index (χ0v) is 33.7. The third-order valence-electron chi connectivity index (χ3n) is 9.30. The summed E-state index contributed by atoms with van der Waals surface area (Å²) < 4.78 is 0. The van der Waals surface area contributed by atoms with Crippen LogP contribution in [-0.4, -0.2) is 136 Å². The van der Waals surface area contributed by atoms with Crippen LogP contribution in [0.25, 0.3) is 10.9 Å². The van der Waals surface area contributed by atoms with E-state index in [1.54, 1.807) is 24.4 Å². The third-order valence-corrected chi connectivity index (χ3v) is 10.0. The van der Waals surface area contributed by atoms with Crippen molar-refractivity contribution in [3.8, 4) is 0 Å². The first kappa shape index (κ1) is 47.0. The fourth-order valence-corrected chi connectivity index (χ4v) is 6.89. The Balaban J connectivity index is 1.80. The second kappa shape index (κ2) is 23.2. The molecule has 12 N–H and O–H groups in total. The molecule has 8 amide bonds. The summed E-state index contributed by atoms with van der Waals surface area (Å²) in [6.45, 7) is 0.934. The molecule has 58 heavy (non-hydrogen) atoms. The number of carbonyl (C=O) groups is 9. The van der Waals surface area contributed by atoms with Crippen LogP contribution >= 0.6 is 25.3 Å². The zero-order valence-electron chi connectivity index (χ0n) is 32.0. The summed E-state index contributed by atoms with van der Waals surface area (Å²) in [5.74, 6) is -7.69. The van der Waals surface area contributed by atoms with E-state index >= 15 is 0 Å². The van der Waals surface area contributed by atoms with Gasteiger partial charge in [-0.15, -0.1) is 0 Å². The average molecular weight is 849 g/mol. The first-order valence-electron chi connectivity index (χ1n) is 18.6. The number of nitrogens with zero attached hydrogens (tertiary/aromatic N) is 1. The van der Waals surface area contributed by atoms with Crippen molar-refractivity contribution >= 4 is 89.4 Å². The van der Waals surface area contributed by atoms with Crippen molar-refractivity contribution in [1.82, 2.24) is 41.8 Å². The third kappa shape index (κ3) is 13.9. The van der Waals surface area contributed by atoms with Gasteiger partial charge in [-0.1, -0.05) is 18.2 Å². The molecule has 0 aliphatic carbocycles. The van der Waals surface area contributed by atoms with Crippen molar-refractivity contribution in [3.05, 3.63) is 36.0 Å². The summed E-state index contributed by atoms with van der Waals surface area (Å²) in [5.41, 5.74) is 12.3. The molecule has 1 aliphatic heterocycles.